The van der Waals surface area contributed by atoms with Crippen LogP contribution in [0, 0.1) is 27.7 Å². The Morgan fingerprint density at radius 3 is 2.11 bits per heavy atom. The highest BCUT2D eigenvalue weighted by Crippen LogP contribution is 2.30. The third kappa shape index (κ3) is 8.73. The molecular weight excluding hydrogens is 606 g/mol. The van der Waals surface area contributed by atoms with E-state index in [1.54, 1.807) is 90.9 Å². The molecule has 1 atom stereocenters. The van der Waals surface area contributed by atoms with Gasteiger partial charge in [-0.1, -0.05) is 35.9 Å². The Bertz CT molecular complexity index is 1680. The number of esters is 1. The fourth-order valence-electron chi connectivity index (χ4n) is 4.57. The van der Waals surface area contributed by atoms with Gasteiger partial charge in [-0.15, -0.1) is 0 Å². The number of amides is 2. The first-order chi connectivity index (χ1) is 20.4. The third-order valence-electron chi connectivity index (χ3n) is 6.59. The molecule has 0 saturated carbocycles. The largest absolute Gasteiger partial charge is 0.467 e. The van der Waals surface area contributed by atoms with Gasteiger partial charge in [-0.05, 0) is 106 Å². The van der Waals surface area contributed by atoms with Crippen LogP contribution in [0.3, 0.4) is 0 Å². The van der Waals surface area contributed by atoms with Crippen LogP contribution in [0.4, 0.5) is 10.5 Å². The van der Waals surface area contributed by atoms with Crippen LogP contribution in [-0.4, -0.2) is 51.7 Å². The first kappa shape index (κ1) is 34.4. The van der Waals surface area contributed by atoms with E-state index >= 15 is 0 Å². The first-order valence-corrected chi connectivity index (χ1v) is 15.6. The molecule has 10 nitrogen and oxygen atoms in total. The molecule has 0 heterocycles. The molecule has 0 aromatic heterocycles. The second-order valence-electron chi connectivity index (χ2n) is 11.5. The third-order valence-corrected chi connectivity index (χ3v) is 8.52. The number of nitrogens with one attached hydrogen (secondary N) is 3. The van der Waals surface area contributed by atoms with Gasteiger partial charge in [-0.25, -0.2) is 18.0 Å². The number of carbonyl (C=O) groups is 3. The van der Waals surface area contributed by atoms with Crippen molar-refractivity contribution in [2.24, 2.45) is 0 Å². The number of aryl methyl sites for hydroxylation is 4. The molecular formula is C32H38ClN3O7S. The molecule has 0 bridgehead atoms. The number of carbonyl (C=O) groups excluding carboxylic acids is 3. The van der Waals surface area contributed by atoms with Crippen molar-refractivity contribution in [1.29, 1.82) is 0 Å². The van der Waals surface area contributed by atoms with Crippen LogP contribution in [-0.2, 0) is 24.3 Å². The van der Waals surface area contributed by atoms with Gasteiger partial charge < -0.3 is 20.1 Å². The van der Waals surface area contributed by atoms with Crippen LogP contribution in [0.25, 0.3) is 11.1 Å². The molecule has 3 aromatic rings. The van der Waals surface area contributed by atoms with Gasteiger partial charge in [0.05, 0.1) is 18.6 Å². The summed E-state index contributed by atoms with van der Waals surface area (Å²) in [5.41, 5.74) is 3.89. The molecule has 3 N–H and O–H groups in total. The van der Waals surface area contributed by atoms with Crippen LogP contribution in [0.15, 0.2) is 53.4 Å². The zero-order chi connectivity index (χ0) is 33.0. The van der Waals surface area contributed by atoms with Gasteiger partial charge in [-0.2, -0.15) is 0 Å². The maximum absolute atomic E-state index is 13.3. The summed E-state index contributed by atoms with van der Waals surface area (Å²) in [5, 5.41) is 5.61. The predicted octanol–water partition coefficient (Wildman–Crippen LogP) is 5.84. The van der Waals surface area contributed by atoms with E-state index in [0.717, 1.165) is 11.1 Å². The van der Waals surface area contributed by atoms with Gasteiger partial charge in [0.15, 0.2) is 0 Å². The van der Waals surface area contributed by atoms with Gasteiger partial charge in [0.25, 0.3) is 15.9 Å². The average molecular weight is 644 g/mol. The molecule has 0 saturated heterocycles. The highest BCUT2D eigenvalue weighted by atomic mass is 35.5. The van der Waals surface area contributed by atoms with Crippen molar-refractivity contribution in [1.82, 2.24) is 10.6 Å². The number of hydrogen-bond donors (Lipinski definition) is 3. The molecule has 1 unspecified atom stereocenters. The van der Waals surface area contributed by atoms with E-state index in [4.69, 9.17) is 21.1 Å². The van der Waals surface area contributed by atoms with Crippen LogP contribution >= 0.6 is 11.6 Å². The summed E-state index contributed by atoms with van der Waals surface area (Å²) in [6.45, 7) is 11.8. The van der Waals surface area contributed by atoms with E-state index in [-0.39, 0.29) is 11.4 Å². The molecule has 2 amide bonds. The Labute approximate surface area is 263 Å². The first-order valence-electron chi connectivity index (χ1n) is 13.8. The quantitative estimate of drug-likeness (QED) is 0.249. The van der Waals surface area contributed by atoms with Crippen molar-refractivity contribution < 1.29 is 32.3 Å². The van der Waals surface area contributed by atoms with E-state index in [9.17, 15) is 22.8 Å². The Morgan fingerprint density at radius 2 is 1.52 bits per heavy atom. The molecule has 0 radical (unpaired) electrons. The lowest BCUT2D eigenvalue weighted by atomic mass is 9.94. The molecule has 236 valence electrons. The van der Waals surface area contributed by atoms with Crippen LogP contribution < -0.4 is 15.4 Å². The van der Waals surface area contributed by atoms with Gasteiger partial charge in [0, 0.05) is 16.3 Å². The summed E-state index contributed by atoms with van der Waals surface area (Å²) < 4.78 is 39.1. The molecule has 12 heteroatoms. The number of ether oxygens (including phenoxy) is 2. The lowest BCUT2D eigenvalue weighted by Crippen LogP contribution is -2.49. The number of halogens is 1. The molecule has 0 aliphatic carbocycles. The molecule has 0 aliphatic rings. The Kier molecular flexibility index (Phi) is 10.7. The van der Waals surface area contributed by atoms with Crippen molar-refractivity contribution >= 4 is 45.3 Å². The fraction of sp³-hybridized carbons (Fsp3) is 0.344. The molecule has 0 aliphatic heterocycles. The fourth-order valence-corrected chi connectivity index (χ4v) is 6.15. The SMILES string of the molecule is COC(=O)C(CNC(=O)OC(C)(C)C)NC(=O)c1c(C)cc(-c2cccc(NS(=O)(=O)c3cc(C)c(Cl)cc3C)c2)cc1C. The molecule has 3 rings (SSSR count). The van der Waals surface area contributed by atoms with Crippen LogP contribution in [0.5, 0.6) is 0 Å². The minimum atomic E-state index is -3.89. The van der Waals surface area contributed by atoms with E-state index in [1.165, 1.54) is 7.11 Å². The lowest BCUT2D eigenvalue weighted by molar-refractivity contribution is -0.142. The maximum Gasteiger partial charge on any atom is 0.407 e. The summed E-state index contributed by atoms with van der Waals surface area (Å²) in [4.78, 5) is 37.9. The minimum absolute atomic E-state index is 0.137. The Morgan fingerprint density at radius 1 is 0.886 bits per heavy atom. The zero-order valence-corrected chi connectivity index (χ0v) is 27.6. The Balaban J connectivity index is 1.83. The summed E-state index contributed by atoms with van der Waals surface area (Å²) in [6, 6.07) is 12.5. The van der Waals surface area contributed by atoms with Crippen molar-refractivity contribution in [2.75, 3.05) is 18.4 Å². The smallest absolute Gasteiger partial charge is 0.407 e. The van der Waals surface area contributed by atoms with Gasteiger partial charge in [0.1, 0.15) is 11.6 Å². The van der Waals surface area contributed by atoms with Crippen LogP contribution in [0.2, 0.25) is 5.02 Å². The van der Waals surface area contributed by atoms with E-state index < -0.39 is 39.6 Å². The lowest BCUT2D eigenvalue weighted by Gasteiger charge is -2.22. The second kappa shape index (κ2) is 13.7. The van der Waals surface area contributed by atoms with E-state index in [0.29, 0.717) is 38.5 Å². The minimum Gasteiger partial charge on any atom is -0.467 e. The highest BCUT2D eigenvalue weighted by Gasteiger charge is 2.26. The number of rotatable bonds is 9. The average Bonchev–Trinajstić information content (AvgIpc) is 2.91. The molecule has 0 fully saturated rings. The maximum atomic E-state index is 13.3. The number of benzene rings is 3. The van der Waals surface area contributed by atoms with E-state index in [1.807, 2.05) is 6.07 Å². The topological polar surface area (TPSA) is 140 Å². The predicted molar refractivity (Wildman–Crippen MR) is 171 cm³/mol. The normalized spacial score (nSPS) is 12.2. The van der Waals surface area contributed by atoms with Gasteiger partial charge >= 0.3 is 12.1 Å². The summed E-state index contributed by atoms with van der Waals surface area (Å²) in [6.07, 6.45) is -0.736. The summed E-state index contributed by atoms with van der Waals surface area (Å²) in [5.74, 6) is -1.26. The number of alkyl carbamates (subject to hydrolysis) is 1. The Hall–Kier alpha value is -4.09. The number of anilines is 1. The van der Waals surface area contributed by atoms with Crippen molar-refractivity contribution in [3.63, 3.8) is 0 Å². The molecule has 44 heavy (non-hydrogen) atoms. The monoisotopic (exact) mass is 643 g/mol. The van der Waals surface area contributed by atoms with Gasteiger partial charge in [0.2, 0.25) is 0 Å². The number of hydrogen-bond acceptors (Lipinski definition) is 7. The molecule has 3 aromatic carbocycles. The van der Waals surface area contributed by atoms with Gasteiger partial charge in [-0.3, -0.25) is 9.52 Å². The van der Waals surface area contributed by atoms with E-state index in [2.05, 4.69) is 15.4 Å². The highest BCUT2D eigenvalue weighted by molar-refractivity contribution is 7.92. The summed E-state index contributed by atoms with van der Waals surface area (Å²) in [7, 11) is -2.70. The standard InChI is InChI=1S/C32H38ClN3O7S/c1-18-15-27(19(2)14-25(18)33)44(40,41)36-24-11-9-10-22(16-24)23-12-20(3)28(21(4)13-23)29(37)35-26(30(38)42-8)17-34-31(39)43-32(5,6)7/h9-16,26,36H,17H2,1-8H3,(H,34,39)(H,35,37). The molecule has 0 spiro atoms. The van der Waals surface area contributed by atoms with Crippen molar-refractivity contribution in [3.8, 4) is 11.1 Å². The number of sulfonamides is 1. The van der Waals surface area contributed by atoms with Crippen molar-refractivity contribution in [3.05, 3.63) is 81.4 Å². The zero-order valence-electron chi connectivity index (χ0n) is 26.0. The van der Waals surface area contributed by atoms with Crippen molar-refractivity contribution in [2.45, 2.75) is 65.0 Å². The summed E-state index contributed by atoms with van der Waals surface area (Å²) >= 11 is 6.15. The second-order valence-corrected chi connectivity index (χ2v) is 13.5. The van der Waals surface area contributed by atoms with Crippen LogP contribution in [0.1, 0.15) is 53.4 Å². The number of methoxy groups -OCH3 is 1.